The molecule has 0 bridgehead atoms. The van der Waals surface area contributed by atoms with E-state index < -0.39 is 0 Å². The Balaban J connectivity index is 0.000000187. The lowest BCUT2D eigenvalue weighted by Crippen LogP contribution is -2.14. The SMILES string of the molecule is CC(Cc1ccccc1)C(C)Cc1ccccc1.COc1cc([C@H]2OC[C@H]3[C@@H]2CO[C@@H]3c2ccc(O)c(OC)c2)ccc1O. The summed E-state index contributed by atoms with van der Waals surface area (Å²) < 4.78 is 22.6. The van der Waals surface area contributed by atoms with Crippen molar-refractivity contribution in [1.82, 2.24) is 0 Å². The van der Waals surface area contributed by atoms with Crippen LogP contribution in [-0.4, -0.2) is 37.6 Å². The summed E-state index contributed by atoms with van der Waals surface area (Å²) in [5.41, 5.74) is 4.84. The maximum Gasteiger partial charge on any atom is 0.160 e. The van der Waals surface area contributed by atoms with Gasteiger partial charge in [-0.1, -0.05) is 86.6 Å². The highest BCUT2D eigenvalue weighted by Gasteiger charge is 2.48. The monoisotopic (exact) mass is 596 g/mol. The molecule has 44 heavy (non-hydrogen) atoms. The molecular weight excluding hydrogens is 552 g/mol. The quantitative estimate of drug-likeness (QED) is 0.204. The van der Waals surface area contributed by atoms with Crippen LogP contribution in [0.5, 0.6) is 23.0 Å². The minimum Gasteiger partial charge on any atom is -0.504 e. The van der Waals surface area contributed by atoms with Crippen molar-refractivity contribution in [2.75, 3.05) is 27.4 Å². The third-order valence-electron chi connectivity index (χ3n) is 9.10. The number of hydrogen-bond donors (Lipinski definition) is 2. The molecule has 2 fully saturated rings. The number of methoxy groups -OCH3 is 2. The van der Waals surface area contributed by atoms with Crippen molar-refractivity contribution < 1.29 is 29.2 Å². The molecule has 2 saturated heterocycles. The summed E-state index contributed by atoms with van der Waals surface area (Å²) in [6, 6.07) is 32.2. The van der Waals surface area contributed by atoms with Crippen molar-refractivity contribution in [2.45, 2.75) is 38.9 Å². The fourth-order valence-corrected chi connectivity index (χ4v) is 6.35. The number of hydrogen-bond acceptors (Lipinski definition) is 6. The Hall–Kier alpha value is -4.00. The van der Waals surface area contributed by atoms with Gasteiger partial charge in [0, 0.05) is 11.8 Å². The molecule has 4 aromatic rings. The predicted octanol–water partition coefficient (Wildman–Crippen LogP) is 7.93. The number of ether oxygens (including phenoxy) is 4. The van der Waals surface area contributed by atoms with Crippen molar-refractivity contribution >= 4 is 0 Å². The van der Waals surface area contributed by atoms with Crippen LogP contribution < -0.4 is 9.47 Å². The second-order valence-corrected chi connectivity index (χ2v) is 12.0. The third kappa shape index (κ3) is 7.37. The summed E-state index contributed by atoms with van der Waals surface area (Å²) in [6.07, 6.45) is 2.15. The molecule has 4 aromatic carbocycles. The Morgan fingerprint density at radius 2 is 1.00 bits per heavy atom. The maximum atomic E-state index is 9.80. The molecule has 232 valence electrons. The summed E-state index contributed by atoms with van der Waals surface area (Å²) in [7, 11) is 3.06. The van der Waals surface area contributed by atoms with E-state index in [1.165, 1.54) is 38.2 Å². The largest absolute Gasteiger partial charge is 0.504 e. The summed E-state index contributed by atoms with van der Waals surface area (Å²) in [5, 5.41) is 19.6. The van der Waals surface area contributed by atoms with E-state index >= 15 is 0 Å². The summed E-state index contributed by atoms with van der Waals surface area (Å²) >= 11 is 0. The fraction of sp³-hybridized carbons (Fsp3) is 0.368. The van der Waals surface area contributed by atoms with Gasteiger partial charge in [0.25, 0.3) is 0 Å². The average Bonchev–Trinajstić information content (AvgIpc) is 3.66. The smallest absolute Gasteiger partial charge is 0.160 e. The zero-order valence-corrected chi connectivity index (χ0v) is 26.1. The molecule has 0 saturated carbocycles. The predicted molar refractivity (Wildman–Crippen MR) is 172 cm³/mol. The highest BCUT2D eigenvalue weighted by atomic mass is 16.5. The van der Waals surface area contributed by atoms with Gasteiger partial charge >= 0.3 is 0 Å². The van der Waals surface area contributed by atoms with Crippen LogP contribution in [0.25, 0.3) is 0 Å². The number of phenols is 2. The standard InChI is InChI=1S/C20H22O6.C18H22/c1-23-17-7-11(3-5-15(17)21)19-13-9-26-20(14(13)10-25-19)12-4-6-16(22)18(8-12)24-2;1-15(13-17-9-5-3-6-10-17)16(2)14-18-11-7-4-8-12-18/h3-8,13-14,19-22H,9-10H2,1-2H3;3-12,15-16H,13-14H2,1-2H3/t13-,14-,19+,20+;/m0./s1. The Bertz CT molecular complexity index is 1360. The van der Waals surface area contributed by atoms with Crippen LogP contribution in [0, 0.1) is 23.7 Å². The highest BCUT2D eigenvalue weighted by Crippen LogP contribution is 2.51. The van der Waals surface area contributed by atoms with Gasteiger partial charge in [0.05, 0.1) is 39.6 Å². The van der Waals surface area contributed by atoms with Gasteiger partial charge in [0.15, 0.2) is 23.0 Å². The molecule has 6 atom stereocenters. The summed E-state index contributed by atoms with van der Waals surface area (Å²) in [6.45, 7) is 5.90. The zero-order valence-electron chi connectivity index (χ0n) is 26.1. The number of fused-ring (bicyclic) bond motifs is 1. The number of aromatic hydroxyl groups is 2. The Morgan fingerprint density at radius 3 is 1.36 bits per heavy atom. The molecule has 2 unspecified atom stereocenters. The lowest BCUT2D eigenvalue weighted by Gasteiger charge is -2.20. The van der Waals surface area contributed by atoms with E-state index in [1.54, 1.807) is 12.1 Å². The molecule has 0 spiro atoms. The van der Waals surface area contributed by atoms with E-state index in [2.05, 4.69) is 74.5 Å². The summed E-state index contributed by atoms with van der Waals surface area (Å²) in [5.74, 6) is 2.97. The Kier molecular flexibility index (Phi) is 10.5. The first-order valence-electron chi connectivity index (χ1n) is 15.4. The van der Waals surface area contributed by atoms with Crippen molar-refractivity contribution in [3.05, 3.63) is 119 Å². The van der Waals surface area contributed by atoms with Crippen molar-refractivity contribution in [1.29, 1.82) is 0 Å². The van der Waals surface area contributed by atoms with E-state index in [-0.39, 0.29) is 35.5 Å². The van der Waals surface area contributed by atoms with Crippen LogP contribution in [0.4, 0.5) is 0 Å². The van der Waals surface area contributed by atoms with Crippen molar-refractivity contribution in [3.8, 4) is 23.0 Å². The fourth-order valence-electron chi connectivity index (χ4n) is 6.35. The van der Waals surface area contributed by atoms with Gasteiger partial charge in [-0.3, -0.25) is 0 Å². The van der Waals surface area contributed by atoms with E-state index in [0.717, 1.165) is 11.1 Å². The molecule has 2 aliphatic heterocycles. The van der Waals surface area contributed by atoms with Gasteiger partial charge in [-0.2, -0.15) is 0 Å². The van der Waals surface area contributed by atoms with Gasteiger partial charge in [0.1, 0.15) is 0 Å². The van der Waals surface area contributed by atoms with Crippen LogP contribution in [0.3, 0.4) is 0 Å². The van der Waals surface area contributed by atoms with E-state index in [9.17, 15) is 10.2 Å². The molecule has 6 heteroatoms. The van der Waals surface area contributed by atoms with Gasteiger partial charge in [-0.05, 0) is 71.2 Å². The molecule has 6 rings (SSSR count). The minimum absolute atomic E-state index is 0.0986. The topological polar surface area (TPSA) is 77.4 Å². The number of rotatable bonds is 9. The molecule has 0 aromatic heterocycles. The van der Waals surface area contributed by atoms with Gasteiger partial charge in [-0.25, -0.2) is 0 Å². The first kappa shape index (κ1) is 31.4. The Morgan fingerprint density at radius 1 is 0.614 bits per heavy atom. The maximum absolute atomic E-state index is 9.80. The molecule has 2 aliphatic rings. The van der Waals surface area contributed by atoms with Crippen molar-refractivity contribution in [3.63, 3.8) is 0 Å². The lowest BCUT2D eigenvalue weighted by atomic mass is 9.85. The minimum atomic E-state index is -0.0986. The van der Waals surface area contributed by atoms with Gasteiger partial charge < -0.3 is 29.2 Å². The van der Waals surface area contributed by atoms with E-state index in [0.29, 0.717) is 36.5 Å². The molecule has 0 amide bonds. The first-order chi connectivity index (χ1) is 21.4. The van der Waals surface area contributed by atoms with Gasteiger partial charge in [-0.15, -0.1) is 0 Å². The molecule has 0 aliphatic carbocycles. The summed E-state index contributed by atoms with van der Waals surface area (Å²) in [4.78, 5) is 0. The Labute approximate surface area is 261 Å². The van der Waals surface area contributed by atoms with Crippen LogP contribution in [0.15, 0.2) is 97.1 Å². The van der Waals surface area contributed by atoms with E-state index in [1.807, 2.05) is 24.3 Å². The molecule has 2 heterocycles. The second-order valence-electron chi connectivity index (χ2n) is 12.0. The van der Waals surface area contributed by atoms with Crippen LogP contribution in [0.1, 0.15) is 48.3 Å². The third-order valence-corrected chi connectivity index (χ3v) is 9.10. The number of benzene rings is 4. The molecule has 6 nitrogen and oxygen atoms in total. The van der Waals surface area contributed by atoms with Crippen LogP contribution in [0.2, 0.25) is 0 Å². The van der Waals surface area contributed by atoms with Crippen molar-refractivity contribution in [2.24, 2.45) is 23.7 Å². The lowest BCUT2D eigenvalue weighted by molar-refractivity contribution is 0.0191. The normalized spacial score (nSPS) is 21.9. The first-order valence-corrected chi connectivity index (χ1v) is 15.4. The number of phenolic OH excluding ortho intramolecular Hbond substituents is 2. The zero-order chi connectivity index (χ0) is 31.1. The molecule has 2 N–H and O–H groups in total. The average molecular weight is 597 g/mol. The van der Waals surface area contributed by atoms with Crippen LogP contribution in [-0.2, 0) is 22.3 Å². The highest BCUT2D eigenvalue weighted by molar-refractivity contribution is 5.44. The second kappa shape index (κ2) is 14.7. The van der Waals surface area contributed by atoms with Gasteiger partial charge in [0.2, 0.25) is 0 Å². The molecular formula is C38H44O6. The van der Waals surface area contributed by atoms with E-state index in [4.69, 9.17) is 18.9 Å². The van der Waals surface area contributed by atoms with Crippen LogP contribution >= 0.6 is 0 Å². The molecule has 0 radical (unpaired) electrons.